The van der Waals surface area contributed by atoms with Crippen LogP contribution in [0.3, 0.4) is 0 Å². The van der Waals surface area contributed by atoms with Gasteiger partial charge in [-0.2, -0.15) is 0 Å². The molecule has 1 unspecified atom stereocenters. The number of hydrogen-bond donors (Lipinski definition) is 0. The lowest BCUT2D eigenvalue weighted by atomic mass is 10.4. The van der Waals surface area contributed by atoms with Crippen LogP contribution in [0.25, 0.3) is 0 Å². The summed E-state index contributed by atoms with van der Waals surface area (Å²) in [5.41, 5.74) is 2.00. The fourth-order valence-electron chi connectivity index (χ4n) is 1.42. The van der Waals surface area contributed by atoms with Gasteiger partial charge >= 0.3 is 0 Å². The van der Waals surface area contributed by atoms with E-state index in [9.17, 15) is 0 Å². The molecule has 0 spiro atoms. The third-order valence-electron chi connectivity index (χ3n) is 1.98. The summed E-state index contributed by atoms with van der Waals surface area (Å²) in [5, 5.41) is 0. The van der Waals surface area contributed by atoms with E-state index in [0.29, 0.717) is 4.71 Å². The number of nitrogens with zero attached hydrogens (tertiary/aromatic N) is 2. The fraction of sp³-hybridized carbons (Fsp3) is 0.857. The highest BCUT2D eigenvalue weighted by atomic mass is 32.2. The van der Waals surface area contributed by atoms with Gasteiger partial charge in [-0.05, 0) is 12.8 Å². The van der Waals surface area contributed by atoms with E-state index in [1.807, 2.05) is 29.1 Å². The van der Waals surface area contributed by atoms with Gasteiger partial charge in [-0.15, -0.1) is 11.8 Å². The van der Waals surface area contributed by atoms with E-state index in [1.54, 1.807) is 0 Å². The maximum absolute atomic E-state index is 4.17. The van der Waals surface area contributed by atoms with Crippen molar-refractivity contribution in [2.45, 2.75) is 17.5 Å². The van der Waals surface area contributed by atoms with Crippen LogP contribution >= 0.6 is 23.5 Å². The average Bonchev–Trinajstić information content (AvgIpc) is 2.58. The normalized spacial score (nSPS) is 32.9. The van der Waals surface area contributed by atoms with Gasteiger partial charge in [-0.1, -0.05) is 11.8 Å². The van der Waals surface area contributed by atoms with E-state index in [2.05, 4.69) is 9.89 Å². The Balaban J connectivity index is 1.88. The number of rotatable bonds is 1. The fourth-order valence-corrected chi connectivity index (χ4v) is 3.51. The molecule has 2 aliphatic rings. The molecule has 0 bridgehead atoms. The quantitative estimate of drug-likeness (QED) is 0.624. The maximum atomic E-state index is 4.17. The number of hydrogen-bond acceptors (Lipinski definition) is 4. The second-order valence-corrected chi connectivity index (χ2v) is 5.04. The molecule has 1 atom stereocenters. The van der Waals surface area contributed by atoms with Crippen molar-refractivity contribution in [2.75, 3.05) is 19.0 Å². The van der Waals surface area contributed by atoms with Crippen molar-refractivity contribution >= 4 is 29.1 Å². The van der Waals surface area contributed by atoms with Gasteiger partial charge in [0.05, 0.1) is 11.4 Å². The first kappa shape index (κ1) is 7.95. The molecular weight excluding hydrogens is 176 g/mol. The van der Waals surface area contributed by atoms with E-state index in [-0.39, 0.29) is 0 Å². The third-order valence-corrected chi connectivity index (χ3v) is 4.41. The molecule has 0 radical (unpaired) electrons. The van der Waals surface area contributed by atoms with Crippen molar-refractivity contribution in [3.63, 3.8) is 0 Å². The lowest BCUT2D eigenvalue weighted by molar-refractivity contribution is 0.380. The Morgan fingerprint density at radius 1 is 1.36 bits per heavy atom. The van der Waals surface area contributed by atoms with E-state index in [4.69, 9.17) is 0 Å². The minimum atomic E-state index is 0.662. The summed E-state index contributed by atoms with van der Waals surface area (Å²) in [6, 6.07) is 0. The standard InChI is InChI=1S/C7H12N2S2/c1-2-4-9(3-1)7-10-5-8-6-11-7/h5,7H,1-4,6H2. The summed E-state index contributed by atoms with van der Waals surface area (Å²) in [4.78, 5) is 6.73. The molecule has 4 heteroatoms. The average molecular weight is 188 g/mol. The van der Waals surface area contributed by atoms with Gasteiger partial charge in [-0.25, -0.2) is 0 Å². The molecule has 2 heterocycles. The van der Waals surface area contributed by atoms with Crippen LogP contribution in [0, 0.1) is 0 Å². The second kappa shape index (κ2) is 3.83. The van der Waals surface area contributed by atoms with Crippen LogP contribution in [0.5, 0.6) is 0 Å². The van der Waals surface area contributed by atoms with Crippen LogP contribution in [0.2, 0.25) is 0 Å². The molecule has 0 amide bonds. The van der Waals surface area contributed by atoms with Gasteiger partial charge in [0.2, 0.25) is 0 Å². The Kier molecular flexibility index (Phi) is 2.77. The monoisotopic (exact) mass is 188 g/mol. The highest BCUT2D eigenvalue weighted by Crippen LogP contribution is 2.31. The van der Waals surface area contributed by atoms with E-state index >= 15 is 0 Å². The Morgan fingerprint density at radius 3 is 2.82 bits per heavy atom. The van der Waals surface area contributed by atoms with Crippen molar-refractivity contribution in [3.05, 3.63) is 0 Å². The summed E-state index contributed by atoms with van der Waals surface area (Å²) >= 11 is 3.81. The smallest absolute Gasteiger partial charge is 0.110 e. The third kappa shape index (κ3) is 1.92. The molecule has 0 aliphatic carbocycles. The van der Waals surface area contributed by atoms with Crippen LogP contribution in [0.1, 0.15) is 12.8 Å². The zero-order valence-electron chi connectivity index (χ0n) is 6.40. The first-order valence-electron chi connectivity index (χ1n) is 3.96. The molecule has 0 saturated carbocycles. The lowest BCUT2D eigenvalue weighted by Crippen LogP contribution is -2.28. The Morgan fingerprint density at radius 2 is 2.18 bits per heavy atom. The lowest BCUT2D eigenvalue weighted by Gasteiger charge is -2.25. The molecule has 11 heavy (non-hydrogen) atoms. The Labute approximate surface area is 75.8 Å². The molecule has 1 fully saturated rings. The van der Waals surface area contributed by atoms with E-state index in [1.165, 1.54) is 25.9 Å². The zero-order chi connectivity index (χ0) is 7.52. The highest BCUT2D eigenvalue weighted by Gasteiger charge is 2.23. The number of likely N-dealkylation sites (tertiary alicyclic amines) is 1. The van der Waals surface area contributed by atoms with Crippen molar-refractivity contribution in [1.82, 2.24) is 4.90 Å². The van der Waals surface area contributed by atoms with Gasteiger partial charge in [0.25, 0.3) is 0 Å². The largest absolute Gasteiger partial charge is 0.283 e. The topological polar surface area (TPSA) is 15.6 Å². The van der Waals surface area contributed by atoms with Gasteiger partial charge in [0, 0.05) is 13.1 Å². The minimum Gasteiger partial charge on any atom is -0.283 e. The first-order valence-corrected chi connectivity index (χ1v) is 5.95. The second-order valence-electron chi connectivity index (χ2n) is 2.77. The van der Waals surface area contributed by atoms with Crippen molar-refractivity contribution in [2.24, 2.45) is 4.99 Å². The highest BCUT2D eigenvalue weighted by molar-refractivity contribution is 8.24. The molecule has 0 aromatic rings. The van der Waals surface area contributed by atoms with Crippen LogP contribution in [-0.2, 0) is 0 Å². The predicted molar refractivity (Wildman–Crippen MR) is 53.1 cm³/mol. The Bertz CT molecular complexity index is 155. The van der Waals surface area contributed by atoms with Crippen LogP contribution in [-0.4, -0.2) is 34.1 Å². The van der Waals surface area contributed by atoms with Gasteiger partial charge in [0.1, 0.15) is 4.71 Å². The molecule has 2 aliphatic heterocycles. The molecule has 2 nitrogen and oxygen atoms in total. The van der Waals surface area contributed by atoms with Crippen molar-refractivity contribution < 1.29 is 0 Å². The summed E-state index contributed by atoms with van der Waals surface area (Å²) in [6.45, 7) is 2.58. The number of thioether (sulfide) groups is 2. The molecule has 62 valence electrons. The zero-order valence-corrected chi connectivity index (χ0v) is 8.03. The van der Waals surface area contributed by atoms with Crippen LogP contribution in [0.15, 0.2) is 4.99 Å². The van der Waals surface area contributed by atoms with Gasteiger partial charge in [-0.3, -0.25) is 9.89 Å². The van der Waals surface area contributed by atoms with Gasteiger partial charge < -0.3 is 0 Å². The number of aliphatic imine (C=N–C) groups is 1. The molecule has 0 aromatic heterocycles. The van der Waals surface area contributed by atoms with Gasteiger partial charge in [0.15, 0.2) is 0 Å². The van der Waals surface area contributed by atoms with E-state index in [0.717, 1.165) is 5.88 Å². The molecule has 1 saturated heterocycles. The summed E-state index contributed by atoms with van der Waals surface area (Å²) in [5.74, 6) is 0.953. The first-order chi connectivity index (χ1) is 5.47. The summed E-state index contributed by atoms with van der Waals surface area (Å²) in [7, 11) is 0. The molecule has 0 aromatic carbocycles. The van der Waals surface area contributed by atoms with Crippen molar-refractivity contribution in [1.29, 1.82) is 0 Å². The SMILES string of the molecule is C1=NCSC(N2CCCC2)S1. The van der Waals surface area contributed by atoms with Crippen LogP contribution in [0.4, 0.5) is 0 Å². The van der Waals surface area contributed by atoms with E-state index < -0.39 is 0 Å². The minimum absolute atomic E-state index is 0.662. The van der Waals surface area contributed by atoms with Crippen LogP contribution < -0.4 is 0 Å². The maximum Gasteiger partial charge on any atom is 0.110 e. The van der Waals surface area contributed by atoms with Crippen molar-refractivity contribution in [3.8, 4) is 0 Å². The Hall–Kier alpha value is 0.330. The molecule has 0 N–H and O–H groups in total. The summed E-state index contributed by atoms with van der Waals surface area (Å²) in [6.07, 6.45) is 2.77. The summed E-state index contributed by atoms with van der Waals surface area (Å²) < 4.78 is 0.662. The predicted octanol–water partition coefficient (Wildman–Crippen LogP) is 1.83. The molecular formula is C7H12N2S2. The molecule has 2 rings (SSSR count).